The van der Waals surface area contributed by atoms with Gasteiger partial charge in [0.15, 0.2) is 11.6 Å². The van der Waals surface area contributed by atoms with Gasteiger partial charge in [-0.2, -0.15) is 0 Å². The van der Waals surface area contributed by atoms with Crippen molar-refractivity contribution in [3.05, 3.63) is 65.3 Å². The summed E-state index contributed by atoms with van der Waals surface area (Å²) in [5.74, 6) is 0.435. The predicted octanol–water partition coefficient (Wildman–Crippen LogP) is 5.79. The summed E-state index contributed by atoms with van der Waals surface area (Å²) < 4.78 is 21.2. The first-order valence-corrected chi connectivity index (χ1v) is 8.14. The predicted molar refractivity (Wildman–Crippen MR) is 86.9 cm³/mol. The zero-order valence-electron chi connectivity index (χ0n) is 11.3. The van der Waals surface area contributed by atoms with Crippen LogP contribution < -0.4 is 4.74 Å². The summed E-state index contributed by atoms with van der Waals surface area (Å²) in [4.78, 5) is 0. The molecule has 0 saturated heterocycles. The fourth-order valence-corrected chi connectivity index (χ4v) is 3.30. The van der Waals surface area contributed by atoms with Gasteiger partial charge in [0.05, 0.1) is 0 Å². The van der Waals surface area contributed by atoms with Crippen molar-refractivity contribution in [2.75, 3.05) is 5.88 Å². The van der Waals surface area contributed by atoms with E-state index in [0.29, 0.717) is 18.1 Å². The molecule has 21 heavy (non-hydrogen) atoms. The number of thiophene rings is 1. The smallest absolute Gasteiger partial charge is 0.165 e. The largest absolute Gasteiger partial charge is 0.482 e. The Balaban J connectivity index is 1.98. The molecule has 0 aliphatic rings. The van der Waals surface area contributed by atoms with E-state index in [1.807, 2.05) is 41.8 Å². The maximum absolute atomic E-state index is 14.2. The molecule has 1 aromatic heterocycles. The van der Waals surface area contributed by atoms with Crippen LogP contribution in [0.2, 0.25) is 0 Å². The van der Waals surface area contributed by atoms with Gasteiger partial charge >= 0.3 is 0 Å². The molecule has 0 bridgehead atoms. The van der Waals surface area contributed by atoms with Gasteiger partial charge in [-0.25, -0.2) is 4.39 Å². The van der Waals surface area contributed by atoms with Gasteiger partial charge in [0, 0.05) is 22.4 Å². The van der Waals surface area contributed by atoms with Gasteiger partial charge in [-0.1, -0.05) is 30.3 Å². The van der Waals surface area contributed by atoms with Crippen LogP contribution in [0.3, 0.4) is 0 Å². The average Bonchev–Trinajstić information content (AvgIpc) is 2.99. The third-order valence-electron chi connectivity index (χ3n) is 3.34. The first kappa shape index (κ1) is 14.4. The van der Waals surface area contributed by atoms with Crippen molar-refractivity contribution in [3.63, 3.8) is 0 Å². The van der Waals surface area contributed by atoms with Crippen LogP contribution in [-0.4, -0.2) is 5.88 Å². The van der Waals surface area contributed by atoms with E-state index in [9.17, 15) is 4.39 Å². The highest BCUT2D eigenvalue weighted by Crippen LogP contribution is 2.36. The molecule has 3 aromatic rings. The third kappa shape index (κ3) is 3.04. The third-order valence-corrected chi connectivity index (χ3v) is 4.44. The van der Waals surface area contributed by atoms with Gasteiger partial charge in [-0.15, -0.1) is 22.9 Å². The Bertz CT molecular complexity index is 726. The van der Waals surface area contributed by atoms with Crippen LogP contribution in [0.15, 0.2) is 53.9 Å². The van der Waals surface area contributed by atoms with Crippen molar-refractivity contribution in [1.82, 2.24) is 0 Å². The number of alkyl halides is 1. The lowest BCUT2D eigenvalue weighted by atomic mass is 10.1. The molecule has 108 valence electrons. The number of benzene rings is 2. The topological polar surface area (TPSA) is 9.23 Å². The minimum absolute atomic E-state index is 0.247. The molecule has 4 heteroatoms. The molecule has 0 amide bonds. The molecule has 0 fully saturated rings. The standard InChI is InChI=1S/C17H14ClFOS/c18-10-8-15(12-4-2-1-3-5-12)20-17-13-9-11-21-16(13)7-6-14(17)19/h1-7,9,11,15H,8,10H2/t15-/m1/s1. The van der Waals surface area contributed by atoms with Crippen LogP contribution in [0.25, 0.3) is 10.1 Å². The molecule has 0 saturated carbocycles. The number of ether oxygens (including phenoxy) is 1. The molecule has 0 N–H and O–H groups in total. The second kappa shape index (κ2) is 6.46. The molecule has 0 aliphatic heterocycles. The van der Waals surface area contributed by atoms with E-state index in [-0.39, 0.29) is 11.9 Å². The second-order valence-electron chi connectivity index (χ2n) is 4.70. The van der Waals surface area contributed by atoms with Gasteiger partial charge in [-0.3, -0.25) is 0 Å². The molecular formula is C17H14ClFOS. The van der Waals surface area contributed by atoms with Crippen LogP contribution in [0.4, 0.5) is 4.39 Å². The zero-order chi connectivity index (χ0) is 14.7. The Morgan fingerprint density at radius 2 is 1.90 bits per heavy atom. The maximum atomic E-state index is 14.2. The zero-order valence-corrected chi connectivity index (χ0v) is 12.8. The molecule has 0 unspecified atom stereocenters. The monoisotopic (exact) mass is 320 g/mol. The number of hydrogen-bond donors (Lipinski definition) is 0. The Morgan fingerprint density at radius 1 is 1.10 bits per heavy atom. The van der Waals surface area contributed by atoms with Gasteiger partial charge < -0.3 is 4.74 Å². The lowest BCUT2D eigenvalue weighted by Gasteiger charge is -2.19. The van der Waals surface area contributed by atoms with E-state index < -0.39 is 0 Å². The van der Waals surface area contributed by atoms with Crippen molar-refractivity contribution in [2.24, 2.45) is 0 Å². The molecule has 0 radical (unpaired) electrons. The minimum atomic E-state index is -0.337. The molecule has 2 aromatic carbocycles. The van der Waals surface area contributed by atoms with E-state index >= 15 is 0 Å². The van der Waals surface area contributed by atoms with Crippen molar-refractivity contribution >= 4 is 33.0 Å². The van der Waals surface area contributed by atoms with Crippen molar-refractivity contribution in [3.8, 4) is 5.75 Å². The lowest BCUT2D eigenvalue weighted by molar-refractivity contribution is 0.196. The SMILES string of the molecule is Fc1ccc2sccc2c1O[C@H](CCCl)c1ccccc1. The molecule has 0 spiro atoms. The number of fused-ring (bicyclic) bond motifs is 1. The second-order valence-corrected chi connectivity index (χ2v) is 6.03. The number of halogens is 2. The quantitative estimate of drug-likeness (QED) is 0.541. The molecule has 1 nitrogen and oxygen atoms in total. The summed E-state index contributed by atoms with van der Waals surface area (Å²) in [6.07, 6.45) is 0.384. The van der Waals surface area contributed by atoms with Gasteiger partial charge in [0.25, 0.3) is 0 Å². The van der Waals surface area contributed by atoms with E-state index in [1.54, 1.807) is 17.4 Å². The van der Waals surface area contributed by atoms with Crippen molar-refractivity contribution in [2.45, 2.75) is 12.5 Å². The van der Waals surface area contributed by atoms with E-state index in [1.165, 1.54) is 6.07 Å². The summed E-state index contributed by atoms with van der Waals surface area (Å²) in [5.41, 5.74) is 1.00. The van der Waals surface area contributed by atoms with Gasteiger partial charge in [-0.05, 0) is 29.1 Å². The summed E-state index contributed by atoms with van der Waals surface area (Å²) in [7, 11) is 0. The van der Waals surface area contributed by atoms with Gasteiger partial charge in [0.2, 0.25) is 0 Å². The Hall–Kier alpha value is -1.58. The molecule has 0 aliphatic carbocycles. The van der Waals surface area contributed by atoms with Crippen LogP contribution in [0.5, 0.6) is 5.75 Å². The first-order chi connectivity index (χ1) is 10.3. The minimum Gasteiger partial charge on any atom is -0.482 e. The van der Waals surface area contributed by atoms with E-state index in [0.717, 1.165) is 15.6 Å². The van der Waals surface area contributed by atoms with E-state index in [4.69, 9.17) is 16.3 Å². The Morgan fingerprint density at radius 3 is 2.67 bits per heavy atom. The summed E-state index contributed by atoms with van der Waals surface area (Å²) in [6, 6.07) is 14.9. The van der Waals surface area contributed by atoms with Crippen LogP contribution >= 0.6 is 22.9 Å². The number of rotatable bonds is 5. The van der Waals surface area contributed by atoms with Crippen LogP contribution in [0, 0.1) is 5.82 Å². The van der Waals surface area contributed by atoms with Crippen molar-refractivity contribution in [1.29, 1.82) is 0 Å². The van der Waals surface area contributed by atoms with Crippen LogP contribution in [-0.2, 0) is 0 Å². The average molecular weight is 321 g/mol. The maximum Gasteiger partial charge on any atom is 0.165 e. The normalized spacial score (nSPS) is 12.5. The van der Waals surface area contributed by atoms with Crippen molar-refractivity contribution < 1.29 is 9.13 Å². The highest BCUT2D eigenvalue weighted by molar-refractivity contribution is 7.17. The summed E-state index contributed by atoms with van der Waals surface area (Å²) in [6.45, 7) is 0. The lowest BCUT2D eigenvalue weighted by Crippen LogP contribution is -2.09. The van der Waals surface area contributed by atoms with Crippen LogP contribution in [0.1, 0.15) is 18.1 Å². The molecule has 1 heterocycles. The first-order valence-electron chi connectivity index (χ1n) is 6.73. The van der Waals surface area contributed by atoms with Gasteiger partial charge in [0.1, 0.15) is 6.10 Å². The molecule has 1 atom stereocenters. The Labute approximate surface area is 131 Å². The highest BCUT2D eigenvalue weighted by Gasteiger charge is 2.17. The summed E-state index contributed by atoms with van der Waals surface area (Å²) in [5, 5.41) is 2.76. The molecule has 3 rings (SSSR count). The number of hydrogen-bond acceptors (Lipinski definition) is 2. The molecular weight excluding hydrogens is 307 g/mol. The fourth-order valence-electron chi connectivity index (χ4n) is 2.31. The fraction of sp³-hybridized carbons (Fsp3) is 0.176. The van der Waals surface area contributed by atoms with E-state index in [2.05, 4.69) is 0 Å². The summed E-state index contributed by atoms with van der Waals surface area (Å²) >= 11 is 7.45. The Kier molecular flexibility index (Phi) is 4.42. The highest BCUT2D eigenvalue weighted by atomic mass is 35.5.